The van der Waals surface area contributed by atoms with Gasteiger partial charge in [0.05, 0.1) is 38.4 Å². The number of carbonyl (C=O) groups excluding carboxylic acids is 1. The number of hydrogen-bond acceptors (Lipinski definition) is 8. The third-order valence-corrected chi connectivity index (χ3v) is 5.42. The summed E-state index contributed by atoms with van der Waals surface area (Å²) in [6.07, 6.45) is 1.36. The molecule has 0 aliphatic carbocycles. The Balaban J connectivity index is 1.71. The van der Waals surface area contributed by atoms with Gasteiger partial charge in [0, 0.05) is 0 Å². The van der Waals surface area contributed by atoms with E-state index in [0.29, 0.717) is 17.1 Å². The molecule has 11 nitrogen and oxygen atoms in total. The Hall–Kier alpha value is -3.77. The minimum Gasteiger partial charge on any atom is -0.454 e. The summed E-state index contributed by atoms with van der Waals surface area (Å²) in [6, 6.07) is 7.96. The predicted molar refractivity (Wildman–Crippen MR) is 106 cm³/mol. The smallest absolute Gasteiger partial charge is 0.280 e. The lowest BCUT2D eigenvalue weighted by molar-refractivity contribution is -0.385. The maximum absolute atomic E-state index is 12.9. The molecule has 12 heteroatoms. The molecule has 2 aliphatic heterocycles. The number of primary sulfonamides is 1. The number of nitro benzene ring substituents is 1. The lowest BCUT2D eigenvalue weighted by Gasteiger charge is -2.12. The van der Waals surface area contributed by atoms with Crippen molar-refractivity contribution in [1.29, 1.82) is 0 Å². The Morgan fingerprint density at radius 3 is 2.43 bits per heavy atom. The summed E-state index contributed by atoms with van der Waals surface area (Å²) in [5, 5.41) is 21.8. The van der Waals surface area contributed by atoms with Crippen molar-refractivity contribution in [3.05, 3.63) is 57.6 Å². The number of fused-ring (bicyclic) bond motifs is 1. The van der Waals surface area contributed by atoms with Gasteiger partial charge >= 0.3 is 0 Å². The molecule has 0 unspecified atom stereocenters. The Bertz CT molecular complexity index is 1250. The van der Waals surface area contributed by atoms with E-state index in [2.05, 4.69) is 5.10 Å². The van der Waals surface area contributed by atoms with Gasteiger partial charge in [-0.1, -0.05) is 0 Å². The molecule has 30 heavy (non-hydrogen) atoms. The number of ether oxygens (including phenoxy) is 2. The third kappa shape index (κ3) is 3.38. The first-order valence-corrected chi connectivity index (χ1v) is 10.0. The predicted octanol–water partition coefficient (Wildman–Crippen LogP) is 1.78. The molecule has 154 valence electrons. The molecule has 0 bridgehead atoms. The van der Waals surface area contributed by atoms with Crippen molar-refractivity contribution < 1.29 is 27.6 Å². The minimum absolute atomic E-state index is 0.0474. The molecule has 2 aromatic rings. The lowest BCUT2D eigenvalue weighted by Crippen LogP contribution is -2.21. The molecular weight excluding hydrogens is 416 g/mol. The molecule has 2 aromatic carbocycles. The van der Waals surface area contributed by atoms with Crippen molar-refractivity contribution in [3.8, 4) is 11.5 Å². The number of hydrogen-bond donors (Lipinski definition) is 1. The molecule has 0 spiro atoms. The summed E-state index contributed by atoms with van der Waals surface area (Å²) in [4.78, 5) is 23.7. The van der Waals surface area contributed by atoms with Gasteiger partial charge in [0.25, 0.3) is 11.6 Å². The highest BCUT2D eigenvalue weighted by Crippen LogP contribution is 2.39. The van der Waals surface area contributed by atoms with E-state index in [-0.39, 0.29) is 34.3 Å². The maximum Gasteiger partial charge on any atom is 0.280 e. The maximum atomic E-state index is 12.9. The number of hydrazone groups is 1. The van der Waals surface area contributed by atoms with Crippen LogP contribution < -0.4 is 19.6 Å². The summed E-state index contributed by atoms with van der Waals surface area (Å²) >= 11 is 0. The van der Waals surface area contributed by atoms with E-state index in [4.69, 9.17) is 14.6 Å². The molecule has 2 heterocycles. The molecule has 0 saturated heterocycles. The quantitative estimate of drug-likeness (QED) is 0.440. The van der Waals surface area contributed by atoms with Crippen LogP contribution in [0.3, 0.4) is 0 Å². The number of rotatable bonds is 4. The standard InChI is InChI=1S/C18H14N4O7S/c1-10-14(6-11-7-16-17(29-9-28-16)8-15(11)22(24)25)18(23)21(20-10)12-2-4-13(5-3-12)30(19,26)27/h2-8H,9H2,1H3,(H2,19,26,27)/b14-6+. The molecule has 0 atom stereocenters. The Morgan fingerprint density at radius 2 is 1.83 bits per heavy atom. The number of nitro groups is 1. The normalized spacial score (nSPS) is 16.9. The van der Waals surface area contributed by atoms with E-state index < -0.39 is 20.9 Å². The number of carbonyl (C=O) groups is 1. The van der Waals surface area contributed by atoms with E-state index in [1.165, 1.54) is 42.5 Å². The average molecular weight is 430 g/mol. The molecule has 0 fully saturated rings. The Labute approximate surface area is 170 Å². The van der Waals surface area contributed by atoms with Crippen molar-refractivity contribution in [2.24, 2.45) is 10.2 Å². The number of sulfonamides is 1. The summed E-state index contributed by atoms with van der Waals surface area (Å²) in [5.41, 5.74) is 0.710. The van der Waals surface area contributed by atoms with E-state index in [9.17, 15) is 23.3 Å². The molecule has 0 aromatic heterocycles. The van der Waals surface area contributed by atoms with Gasteiger partial charge in [-0.15, -0.1) is 0 Å². The number of anilines is 1. The van der Waals surface area contributed by atoms with E-state index in [0.717, 1.165) is 5.01 Å². The second-order valence-electron chi connectivity index (χ2n) is 6.42. The third-order valence-electron chi connectivity index (χ3n) is 4.49. The fourth-order valence-corrected chi connectivity index (χ4v) is 3.53. The molecule has 0 saturated carbocycles. The van der Waals surface area contributed by atoms with Gasteiger partial charge < -0.3 is 9.47 Å². The average Bonchev–Trinajstić information content (AvgIpc) is 3.25. The van der Waals surface area contributed by atoms with E-state index >= 15 is 0 Å². The first-order valence-electron chi connectivity index (χ1n) is 8.48. The van der Waals surface area contributed by atoms with Gasteiger partial charge in [-0.3, -0.25) is 14.9 Å². The van der Waals surface area contributed by atoms with E-state index in [1.54, 1.807) is 6.92 Å². The molecule has 2 N–H and O–H groups in total. The zero-order valence-electron chi connectivity index (χ0n) is 15.4. The van der Waals surface area contributed by atoms with Crippen LogP contribution in [0.1, 0.15) is 12.5 Å². The van der Waals surface area contributed by atoms with Gasteiger partial charge in [0.2, 0.25) is 16.8 Å². The summed E-state index contributed by atoms with van der Waals surface area (Å²) in [7, 11) is -3.87. The number of amides is 1. The van der Waals surface area contributed by atoms with Crippen LogP contribution in [-0.2, 0) is 14.8 Å². The number of nitrogens with zero attached hydrogens (tertiary/aromatic N) is 3. The van der Waals surface area contributed by atoms with Crippen LogP contribution >= 0.6 is 0 Å². The topological polar surface area (TPSA) is 154 Å². The Kier molecular flexibility index (Phi) is 4.51. The summed E-state index contributed by atoms with van der Waals surface area (Å²) in [6.45, 7) is 1.54. The first kappa shape index (κ1) is 19.5. The van der Waals surface area contributed by atoms with Crippen LogP contribution in [0.2, 0.25) is 0 Å². The second-order valence-corrected chi connectivity index (χ2v) is 7.98. The molecule has 0 radical (unpaired) electrons. The van der Waals surface area contributed by atoms with Crippen molar-refractivity contribution >= 4 is 39.1 Å². The highest BCUT2D eigenvalue weighted by atomic mass is 32.2. The van der Waals surface area contributed by atoms with E-state index in [1.807, 2.05) is 0 Å². The largest absolute Gasteiger partial charge is 0.454 e. The highest BCUT2D eigenvalue weighted by Gasteiger charge is 2.31. The fourth-order valence-electron chi connectivity index (χ4n) is 3.01. The van der Waals surface area contributed by atoms with Crippen molar-refractivity contribution in [2.75, 3.05) is 11.8 Å². The molecule has 4 rings (SSSR count). The zero-order valence-corrected chi connectivity index (χ0v) is 16.3. The first-order chi connectivity index (χ1) is 14.1. The van der Waals surface area contributed by atoms with Crippen LogP contribution in [0.25, 0.3) is 6.08 Å². The Morgan fingerprint density at radius 1 is 1.20 bits per heavy atom. The van der Waals surface area contributed by atoms with Gasteiger partial charge in [-0.2, -0.15) is 10.1 Å². The zero-order chi connectivity index (χ0) is 21.6. The SMILES string of the molecule is CC1=NN(c2ccc(S(N)(=O)=O)cc2)C(=O)/C1=C/c1cc2c(cc1[N+](=O)[O-])OCO2. The molecule has 2 aliphatic rings. The molecular formula is C18H14N4O7S. The molecule has 1 amide bonds. The second kappa shape index (κ2) is 6.93. The van der Waals surface area contributed by atoms with Crippen LogP contribution in [0.5, 0.6) is 11.5 Å². The minimum atomic E-state index is -3.87. The van der Waals surface area contributed by atoms with Crippen LogP contribution in [-0.4, -0.2) is 31.8 Å². The van der Waals surface area contributed by atoms with Crippen molar-refractivity contribution in [3.63, 3.8) is 0 Å². The van der Waals surface area contributed by atoms with Gasteiger partial charge in [0.15, 0.2) is 11.5 Å². The summed E-state index contributed by atoms with van der Waals surface area (Å²) in [5.74, 6) is 0.0642. The van der Waals surface area contributed by atoms with Crippen LogP contribution in [0, 0.1) is 10.1 Å². The summed E-state index contributed by atoms with van der Waals surface area (Å²) < 4.78 is 33.2. The lowest BCUT2D eigenvalue weighted by atomic mass is 10.0. The monoisotopic (exact) mass is 430 g/mol. The number of benzene rings is 2. The van der Waals surface area contributed by atoms with Gasteiger partial charge in [-0.05, 0) is 43.3 Å². The van der Waals surface area contributed by atoms with Gasteiger partial charge in [-0.25, -0.2) is 13.6 Å². The van der Waals surface area contributed by atoms with Crippen molar-refractivity contribution in [1.82, 2.24) is 0 Å². The fraction of sp³-hybridized carbons (Fsp3) is 0.111. The van der Waals surface area contributed by atoms with Crippen LogP contribution in [0.4, 0.5) is 11.4 Å². The van der Waals surface area contributed by atoms with Crippen LogP contribution in [0.15, 0.2) is 52.0 Å². The van der Waals surface area contributed by atoms with Crippen molar-refractivity contribution in [2.45, 2.75) is 11.8 Å². The van der Waals surface area contributed by atoms with Gasteiger partial charge in [0.1, 0.15) is 0 Å². The highest BCUT2D eigenvalue weighted by molar-refractivity contribution is 7.89. The number of nitrogens with two attached hydrogens (primary N) is 1.